The molecular weight excluding hydrogens is 202 g/mol. The first-order chi connectivity index (χ1) is 7.69. The average Bonchev–Trinajstić information content (AvgIpc) is 2.54. The van der Waals surface area contributed by atoms with Crippen LogP contribution in [0.4, 0.5) is 11.4 Å². The van der Waals surface area contributed by atoms with Crippen molar-refractivity contribution in [2.24, 2.45) is 0 Å². The third kappa shape index (κ3) is 1.38. The van der Waals surface area contributed by atoms with E-state index in [9.17, 15) is 0 Å². The topological polar surface area (TPSA) is 39.5 Å². The zero-order valence-corrected chi connectivity index (χ0v) is 9.56. The summed E-state index contributed by atoms with van der Waals surface area (Å²) >= 11 is 0. The molecule has 0 fully saturated rings. The molecule has 1 aliphatic rings. The van der Waals surface area contributed by atoms with Gasteiger partial charge >= 0.3 is 0 Å². The van der Waals surface area contributed by atoms with E-state index >= 15 is 0 Å². The van der Waals surface area contributed by atoms with Gasteiger partial charge in [0, 0.05) is 20.2 Å². The van der Waals surface area contributed by atoms with E-state index in [1.54, 1.807) is 7.11 Å². The van der Waals surface area contributed by atoms with Crippen LogP contribution >= 0.6 is 0 Å². The number of nitriles is 1. The lowest BCUT2D eigenvalue weighted by atomic mass is 10.2. The summed E-state index contributed by atoms with van der Waals surface area (Å²) in [5.41, 5.74) is 2.12. The lowest BCUT2D eigenvalue weighted by Gasteiger charge is -2.16. The molecule has 0 amide bonds. The van der Waals surface area contributed by atoms with Crippen molar-refractivity contribution in [2.45, 2.75) is 0 Å². The van der Waals surface area contributed by atoms with Gasteiger partial charge in [0.1, 0.15) is 11.6 Å². The highest BCUT2D eigenvalue weighted by Crippen LogP contribution is 2.41. The fraction of sp³-hybridized carbons (Fsp3) is 0.250. The minimum atomic E-state index is 0.817. The highest BCUT2D eigenvalue weighted by Gasteiger charge is 2.26. The van der Waals surface area contributed by atoms with Crippen molar-refractivity contribution in [3.63, 3.8) is 0 Å². The lowest BCUT2D eigenvalue weighted by molar-refractivity contribution is 0.415. The summed E-state index contributed by atoms with van der Waals surface area (Å²) in [4.78, 5) is 3.96. The smallest absolute Gasteiger partial charge is 0.123 e. The Balaban J connectivity index is 2.52. The molecule has 2 rings (SSSR count). The fourth-order valence-electron chi connectivity index (χ4n) is 1.91. The third-order valence-corrected chi connectivity index (χ3v) is 2.79. The van der Waals surface area contributed by atoms with Gasteiger partial charge in [-0.15, -0.1) is 0 Å². The van der Waals surface area contributed by atoms with Crippen molar-refractivity contribution in [1.29, 1.82) is 5.26 Å². The van der Waals surface area contributed by atoms with E-state index in [0.29, 0.717) is 0 Å². The molecule has 0 radical (unpaired) electrons. The summed E-state index contributed by atoms with van der Waals surface area (Å²) in [5, 5.41) is 8.74. The van der Waals surface area contributed by atoms with Gasteiger partial charge in [0.15, 0.2) is 0 Å². The standard InChI is InChI=1S/C12H13N3O/c1-14-10-5-4-9(16-3)8-11(10)15(2)12(14)6-7-13/h4-6,8H,1-3H3. The summed E-state index contributed by atoms with van der Waals surface area (Å²) < 4.78 is 5.19. The first-order valence-electron chi connectivity index (χ1n) is 4.94. The van der Waals surface area contributed by atoms with Crippen LogP contribution in [-0.4, -0.2) is 21.2 Å². The van der Waals surface area contributed by atoms with Crippen LogP contribution in [0.1, 0.15) is 0 Å². The second-order valence-corrected chi connectivity index (χ2v) is 3.60. The molecule has 82 valence electrons. The molecule has 1 aliphatic heterocycles. The summed E-state index contributed by atoms with van der Waals surface area (Å²) in [7, 11) is 5.52. The van der Waals surface area contributed by atoms with Crippen LogP contribution in [0.2, 0.25) is 0 Å². The van der Waals surface area contributed by atoms with E-state index in [2.05, 4.69) is 6.07 Å². The number of hydrogen-bond acceptors (Lipinski definition) is 4. The second kappa shape index (κ2) is 3.78. The van der Waals surface area contributed by atoms with Crippen molar-refractivity contribution in [1.82, 2.24) is 0 Å². The SMILES string of the molecule is COc1ccc2c(c1)N(C)C(=CC#N)N2C. The molecule has 0 saturated heterocycles. The predicted octanol–water partition coefficient (Wildman–Crippen LogP) is 1.95. The van der Waals surface area contributed by atoms with Gasteiger partial charge in [-0.05, 0) is 12.1 Å². The first-order valence-corrected chi connectivity index (χ1v) is 4.94. The molecule has 0 unspecified atom stereocenters. The Bertz CT molecular complexity index is 488. The van der Waals surface area contributed by atoms with Crippen LogP contribution in [-0.2, 0) is 0 Å². The maximum atomic E-state index is 8.74. The normalized spacial score (nSPS) is 16.2. The van der Waals surface area contributed by atoms with Crippen LogP contribution < -0.4 is 14.5 Å². The predicted molar refractivity (Wildman–Crippen MR) is 63.5 cm³/mol. The van der Waals surface area contributed by atoms with Crippen LogP contribution in [0, 0.1) is 11.3 Å². The van der Waals surface area contributed by atoms with Crippen molar-refractivity contribution >= 4 is 11.4 Å². The number of ether oxygens (including phenoxy) is 1. The highest BCUT2D eigenvalue weighted by atomic mass is 16.5. The van der Waals surface area contributed by atoms with Crippen molar-refractivity contribution in [3.8, 4) is 11.8 Å². The molecule has 1 aromatic rings. The van der Waals surface area contributed by atoms with E-state index in [0.717, 1.165) is 22.9 Å². The number of benzene rings is 1. The minimum absolute atomic E-state index is 0.817. The van der Waals surface area contributed by atoms with Gasteiger partial charge in [-0.25, -0.2) is 0 Å². The zero-order valence-electron chi connectivity index (χ0n) is 9.56. The van der Waals surface area contributed by atoms with Gasteiger partial charge in [-0.1, -0.05) is 0 Å². The Morgan fingerprint density at radius 1 is 1.25 bits per heavy atom. The molecule has 0 N–H and O–H groups in total. The molecule has 0 atom stereocenters. The maximum Gasteiger partial charge on any atom is 0.123 e. The molecule has 0 aromatic heterocycles. The van der Waals surface area contributed by atoms with Gasteiger partial charge < -0.3 is 14.5 Å². The summed E-state index contributed by atoms with van der Waals surface area (Å²) in [6, 6.07) is 7.92. The molecule has 1 heterocycles. The van der Waals surface area contributed by atoms with Crippen LogP contribution in [0.3, 0.4) is 0 Å². The van der Waals surface area contributed by atoms with E-state index in [1.165, 1.54) is 6.08 Å². The van der Waals surface area contributed by atoms with Crippen molar-refractivity contribution in [2.75, 3.05) is 31.0 Å². The molecule has 1 aromatic carbocycles. The second-order valence-electron chi connectivity index (χ2n) is 3.60. The quantitative estimate of drug-likeness (QED) is 0.671. The fourth-order valence-corrected chi connectivity index (χ4v) is 1.91. The summed E-state index contributed by atoms with van der Waals surface area (Å²) in [5.74, 6) is 1.68. The molecule has 0 spiro atoms. The number of hydrogen-bond donors (Lipinski definition) is 0. The molecule has 4 nitrogen and oxygen atoms in total. The van der Waals surface area contributed by atoms with Gasteiger partial charge in [-0.2, -0.15) is 5.26 Å². The molecule has 4 heteroatoms. The number of allylic oxidation sites excluding steroid dienone is 1. The Hall–Kier alpha value is -2.15. The number of fused-ring (bicyclic) bond motifs is 1. The van der Waals surface area contributed by atoms with Gasteiger partial charge in [0.2, 0.25) is 0 Å². The number of anilines is 2. The monoisotopic (exact) mass is 215 g/mol. The van der Waals surface area contributed by atoms with Crippen LogP contribution in [0.5, 0.6) is 5.75 Å². The van der Waals surface area contributed by atoms with E-state index < -0.39 is 0 Å². The van der Waals surface area contributed by atoms with Crippen LogP contribution in [0.25, 0.3) is 0 Å². The zero-order chi connectivity index (χ0) is 11.7. The summed E-state index contributed by atoms with van der Waals surface area (Å²) in [6.45, 7) is 0. The van der Waals surface area contributed by atoms with E-state index in [1.807, 2.05) is 42.1 Å². The first kappa shape index (κ1) is 10.4. The largest absolute Gasteiger partial charge is 0.497 e. The number of nitrogens with zero attached hydrogens (tertiary/aromatic N) is 3. The van der Waals surface area contributed by atoms with Crippen molar-refractivity contribution < 1.29 is 4.74 Å². The Morgan fingerprint density at radius 2 is 1.94 bits per heavy atom. The average molecular weight is 215 g/mol. The van der Waals surface area contributed by atoms with Gasteiger partial charge in [-0.3, -0.25) is 0 Å². The van der Waals surface area contributed by atoms with Crippen molar-refractivity contribution in [3.05, 3.63) is 30.1 Å². The molecule has 0 aliphatic carbocycles. The number of rotatable bonds is 1. The maximum absolute atomic E-state index is 8.74. The number of methoxy groups -OCH3 is 1. The third-order valence-electron chi connectivity index (χ3n) is 2.79. The van der Waals surface area contributed by atoms with Crippen LogP contribution in [0.15, 0.2) is 30.1 Å². The minimum Gasteiger partial charge on any atom is -0.497 e. The van der Waals surface area contributed by atoms with E-state index in [-0.39, 0.29) is 0 Å². The summed E-state index contributed by atoms with van der Waals surface area (Å²) in [6.07, 6.45) is 1.53. The lowest BCUT2D eigenvalue weighted by Crippen LogP contribution is -2.21. The van der Waals surface area contributed by atoms with E-state index in [4.69, 9.17) is 10.00 Å². The molecule has 16 heavy (non-hydrogen) atoms. The Labute approximate surface area is 95.0 Å². The molecular formula is C12H13N3O. The van der Waals surface area contributed by atoms with Gasteiger partial charge in [0.25, 0.3) is 0 Å². The van der Waals surface area contributed by atoms with Gasteiger partial charge in [0.05, 0.1) is 30.6 Å². The molecule has 0 bridgehead atoms. The Kier molecular flexibility index (Phi) is 2.45. The highest BCUT2D eigenvalue weighted by molar-refractivity contribution is 5.83. The Morgan fingerprint density at radius 3 is 2.56 bits per heavy atom. The molecule has 0 saturated carbocycles.